The molecule has 1 saturated heterocycles. The third kappa shape index (κ3) is 3.85. The Labute approximate surface area is 152 Å². The molecule has 1 amide bonds. The maximum Gasteiger partial charge on any atom is 0.420 e. The van der Waals surface area contributed by atoms with E-state index < -0.39 is 15.6 Å². The predicted octanol–water partition coefficient (Wildman–Crippen LogP) is 1.66. The summed E-state index contributed by atoms with van der Waals surface area (Å²) in [5, 5.41) is -0.383. The summed E-state index contributed by atoms with van der Waals surface area (Å²) >= 11 is 0. The largest absolute Gasteiger partial charge is 0.420 e. The molecule has 0 spiro atoms. The molecule has 1 aromatic heterocycles. The van der Waals surface area contributed by atoms with E-state index in [0.717, 1.165) is 0 Å². The van der Waals surface area contributed by atoms with Crippen molar-refractivity contribution in [2.45, 2.75) is 38.5 Å². The SMILES string of the molecule is CC(C)CS(=O)(=O)C1CCN(C(=O)Cn2c(=O)oc3ccccc32)CC1. The summed E-state index contributed by atoms with van der Waals surface area (Å²) in [5.74, 6) is -0.477. The zero-order chi connectivity index (χ0) is 18.9. The lowest BCUT2D eigenvalue weighted by Gasteiger charge is -2.32. The van der Waals surface area contributed by atoms with Crippen molar-refractivity contribution in [2.75, 3.05) is 18.8 Å². The Morgan fingerprint density at radius 1 is 1.23 bits per heavy atom. The van der Waals surface area contributed by atoms with Crippen LogP contribution in [0.5, 0.6) is 0 Å². The van der Waals surface area contributed by atoms with E-state index in [1.165, 1.54) is 4.57 Å². The number of rotatable bonds is 5. The van der Waals surface area contributed by atoms with Crippen LogP contribution in [0.2, 0.25) is 0 Å². The Hall–Kier alpha value is -2.09. The summed E-state index contributed by atoms with van der Waals surface area (Å²) < 4.78 is 31.2. The van der Waals surface area contributed by atoms with Gasteiger partial charge in [0.25, 0.3) is 0 Å². The second-order valence-corrected chi connectivity index (χ2v) is 9.55. The number of nitrogens with zero attached hydrogens (tertiary/aromatic N) is 2. The molecule has 0 N–H and O–H groups in total. The van der Waals surface area contributed by atoms with E-state index in [-0.39, 0.29) is 29.4 Å². The molecule has 142 valence electrons. The van der Waals surface area contributed by atoms with E-state index in [2.05, 4.69) is 0 Å². The Bertz CT molecular complexity index is 949. The van der Waals surface area contributed by atoms with Crippen LogP contribution in [0.3, 0.4) is 0 Å². The Morgan fingerprint density at radius 2 is 1.88 bits per heavy atom. The number of amides is 1. The summed E-state index contributed by atoms with van der Waals surface area (Å²) in [6.45, 7) is 4.47. The van der Waals surface area contributed by atoms with E-state index >= 15 is 0 Å². The van der Waals surface area contributed by atoms with Crippen molar-refractivity contribution < 1.29 is 17.6 Å². The summed E-state index contributed by atoms with van der Waals surface area (Å²) in [6.07, 6.45) is 0.893. The first kappa shape index (κ1) is 18.7. The minimum Gasteiger partial charge on any atom is -0.408 e. The molecular formula is C18H24N2O5S. The van der Waals surface area contributed by atoms with E-state index in [0.29, 0.717) is 37.0 Å². The molecule has 1 aliphatic rings. The molecule has 1 aliphatic heterocycles. The van der Waals surface area contributed by atoms with E-state index in [1.807, 2.05) is 13.8 Å². The van der Waals surface area contributed by atoms with Gasteiger partial charge in [-0.25, -0.2) is 13.2 Å². The molecule has 1 aromatic carbocycles. The molecule has 7 nitrogen and oxygen atoms in total. The molecule has 8 heteroatoms. The fourth-order valence-electron chi connectivity index (χ4n) is 3.46. The highest BCUT2D eigenvalue weighted by atomic mass is 32.2. The molecule has 0 saturated carbocycles. The van der Waals surface area contributed by atoms with E-state index in [9.17, 15) is 18.0 Å². The first-order valence-corrected chi connectivity index (χ1v) is 10.6. The summed E-state index contributed by atoms with van der Waals surface area (Å²) in [6, 6.07) is 6.96. The third-order valence-electron chi connectivity index (χ3n) is 4.74. The van der Waals surface area contributed by atoms with Crippen LogP contribution in [-0.2, 0) is 21.2 Å². The van der Waals surface area contributed by atoms with Crippen molar-refractivity contribution in [1.82, 2.24) is 9.47 Å². The van der Waals surface area contributed by atoms with Crippen molar-refractivity contribution in [2.24, 2.45) is 5.92 Å². The van der Waals surface area contributed by atoms with Crippen LogP contribution in [0.15, 0.2) is 33.5 Å². The molecule has 26 heavy (non-hydrogen) atoms. The van der Waals surface area contributed by atoms with Crippen LogP contribution in [-0.4, -0.2) is 47.9 Å². The highest BCUT2D eigenvalue weighted by molar-refractivity contribution is 7.92. The van der Waals surface area contributed by atoms with Gasteiger partial charge in [-0.3, -0.25) is 9.36 Å². The van der Waals surface area contributed by atoms with Gasteiger partial charge in [0.15, 0.2) is 15.4 Å². The lowest BCUT2D eigenvalue weighted by Crippen LogP contribution is -2.45. The zero-order valence-electron chi connectivity index (χ0n) is 15.1. The number of likely N-dealkylation sites (tertiary alicyclic amines) is 1. The first-order valence-electron chi connectivity index (χ1n) is 8.85. The van der Waals surface area contributed by atoms with Crippen molar-refractivity contribution in [3.05, 3.63) is 34.8 Å². The van der Waals surface area contributed by atoms with Crippen LogP contribution in [0, 0.1) is 5.92 Å². The second kappa shape index (κ2) is 7.26. The van der Waals surface area contributed by atoms with Crippen LogP contribution in [0.1, 0.15) is 26.7 Å². The summed E-state index contributed by atoms with van der Waals surface area (Å²) in [7, 11) is -3.13. The normalized spacial score (nSPS) is 16.5. The van der Waals surface area contributed by atoms with Gasteiger partial charge in [-0.15, -0.1) is 0 Å². The first-order chi connectivity index (χ1) is 12.3. The lowest BCUT2D eigenvalue weighted by atomic mass is 10.1. The smallest absolute Gasteiger partial charge is 0.408 e. The van der Waals surface area contributed by atoms with Crippen molar-refractivity contribution in [3.8, 4) is 0 Å². The average Bonchev–Trinajstić information content (AvgIpc) is 2.89. The van der Waals surface area contributed by atoms with Gasteiger partial charge in [-0.1, -0.05) is 26.0 Å². The number of aromatic nitrogens is 1. The van der Waals surface area contributed by atoms with Gasteiger partial charge < -0.3 is 9.32 Å². The Morgan fingerprint density at radius 3 is 2.54 bits per heavy atom. The fourth-order valence-corrected chi connectivity index (χ4v) is 5.59. The predicted molar refractivity (Wildman–Crippen MR) is 98.7 cm³/mol. The van der Waals surface area contributed by atoms with Crippen molar-refractivity contribution >= 4 is 26.8 Å². The lowest BCUT2D eigenvalue weighted by molar-refractivity contribution is -0.132. The van der Waals surface area contributed by atoms with Gasteiger partial charge in [0.2, 0.25) is 5.91 Å². The molecule has 0 atom stereocenters. The average molecular weight is 380 g/mol. The van der Waals surface area contributed by atoms with Crippen LogP contribution in [0.4, 0.5) is 0 Å². The Kier molecular flexibility index (Phi) is 5.22. The zero-order valence-corrected chi connectivity index (χ0v) is 15.9. The number of hydrogen-bond donors (Lipinski definition) is 0. The molecular weight excluding hydrogens is 356 g/mol. The molecule has 0 aliphatic carbocycles. The number of benzene rings is 1. The minimum absolute atomic E-state index is 0.0980. The number of fused-ring (bicyclic) bond motifs is 1. The highest BCUT2D eigenvalue weighted by Gasteiger charge is 2.32. The molecule has 1 fully saturated rings. The summed E-state index contributed by atoms with van der Waals surface area (Å²) in [5.41, 5.74) is 1.03. The molecule has 3 rings (SSSR count). The van der Waals surface area contributed by atoms with Crippen LogP contribution >= 0.6 is 0 Å². The second-order valence-electron chi connectivity index (χ2n) is 7.23. The number of carbonyl (C=O) groups is 1. The van der Waals surface area contributed by atoms with Gasteiger partial charge in [-0.05, 0) is 30.9 Å². The van der Waals surface area contributed by atoms with Gasteiger partial charge in [0.05, 0.1) is 16.5 Å². The number of sulfone groups is 1. The number of piperidine rings is 1. The number of hydrogen-bond acceptors (Lipinski definition) is 5. The van der Waals surface area contributed by atoms with Crippen LogP contribution < -0.4 is 5.76 Å². The number of carbonyl (C=O) groups excluding carboxylic acids is 1. The quantitative estimate of drug-likeness (QED) is 0.787. The maximum absolute atomic E-state index is 12.6. The van der Waals surface area contributed by atoms with Gasteiger partial charge in [-0.2, -0.15) is 0 Å². The minimum atomic E-state index is -3.13. The topological polar surface area (TPSA) is 89.6 Å². The fraction of sp³-hybridized carbons (Fsp3) is 0.556. The van der Waals surface area contributed by atoms with Gasteiger partial charge in [0.1, 0.15) is 6.54 Å². The molecule has 0 radical (unpaired) electrons. The van der Waals surface area contributed by atoms with E-state index in [1.54, 1.807) is 29.2 Å². The van der Waals surface area contributed by atoms with Crippen molar-refractivity contribution in [3.63, 3.8) is 0 Å². The molecule has 0 unspecified atom stereocenters. The molecule has 2 heterocycles. The number of para-hydroxylation sites is 2. The van der Waals surface area contributed by atoms with E-state index in [4.69, 9.17) is 4.42 Å². The maximum atomic E-state index is 12.6. The van der Waals surface area contributed by atoms with Gasteiger partial charge in [0, 0.05) is 13.1 Å². The highest BCUT2D eigenvalue weighted by Crippen LogP contribution is 2.21. The van der Waals surface area contributed by atoms with Crippen LogP contribution in [0.25, 0.3) is 11.1 Å². The standard InChI is InChI=1S/C18H24N2O5S/c1-13(2)12-26(23,24)14-7-9-19(10-8-14)17(21)11-20-15-5-3-4-6-16(15)25-18(20)22/h3-6,13-14H,7-12H2,1-2H3. The van der Waals surface area contributed by atoms with Crippen molar-refractivity contribution in [1.29, 1.82) is 0 Å². The van der Waals surface area contributed by atoms with Gasteiger partial charge >= 0.3 is 5.76 Å². The molecule has 2 aromatic rings. The third-order valence-corrected chi connectivity index (χ3v) is 7.35. The molecule has 0 bridgehead atoms. The number of oxazole rings is 1. The Balaban J connectivity index is 1.66. The monoisotopic (exact) mass is 380 g/mol. The summed E-state index contributed by atoms with van der Waals surface area (Å²) in [4.78, 5) is 26.2.